The van der Waals surface area contributed by atoms with Crippen LogP contribution in [0.1, 0.15) is 51.9 Å². The van der Waals surface area contributed by atoms with Gasteiger partial charge in [0.2, 0.25) is 0 Å². The van der Waals surface area contributed by atoms with E-state index in [0.717, 1.165) is 25.8 Å². The summed E-state index contributed by atoms with van der Waals surface area (Å²) in [5, 5.41) is 9.44. The Kier molecular flexibility index (Phi) is 4.28. The Bertz CT molecular complexity index is 302. The van der Waals surface area contributed by atoms with Crippen LogP contribution in [0.2, 0.25) is 0 Å². The van der Waals surface area contributed by atoms with Crippen LogP contribution in [0.3, 0.4) is 0 Å². The second kappa shape index (κ2) is 5.57. The summed E-state index contributed by atoms with van der Waals surface area (Å²) in [6.45, 7) is 3.75. The topological polar surface area (TPSA) is 66.6 Å². The van der Waals surface area contributed by atoms with Gasteiger partial charge in [-0.2, -0.15) is 0 Å². The van der Waals surface area contributed by atoms with Gasteiger partial charge in [0.15, 0.2) is 0 Å². The molecule has 104 valence electrons. The van der Waals surface area contributed by atoms with E-state index in [1.165, 1.54) is 25.7 Å². The summed E-state index contributed by atoms with van der Waals surface area (Å²) in [6.07, 6.45) is 7.95. The summed E-state index contributed by atoms with van der Waals surface area (Å²) in [5.41, 5.74) is 5.18. The summed E-state index contributed by atoms with van der Waals surface area (Å²) < 4.78 is 0. The maximum Gasteiger partial charge on any atom is 0.325 e. The van der Waals surface area contributed by atoms with Gasteiger partial charge in [-0.05, 0) is 44.6 Å². The van der Waals surface area contributed by atoms with Crippen LogP contribution in [-0.4, -0.2) is 40.6 Å². The van der Waals surface area contributed by atoms with Gasteiger partial charge in [-0.3, -0.25) is 9.69 Å². The van der Waals surface area contributed by atoms with Crippen LogP contribution in [0, 0.1) is 5.92 Å². The summed E-state index contributed by atoms with van der Waals surface area (Å²) in [5.74, 6) is -0.620. The molecule has 4 nitrogen and oxygen atoms in total. The minimum atomic E-state index is -1.01. The van der Waals surface area contributed by atoms with Gasteiger partial charge in [0, 0.05) is 12.6 Å². The quantitative estimate of drug-likeness (QED) is 0.759. The Morgan fingerprint density at radius 3 is 2.67 bits per heavy atom. The molecule has 0 aromatic rings. The van der Waals surface area contributed by atoms with E-state index in [-0.39, 0.29) is 5.92 Å². The first-order chi connectivity index (χ1) is 8.58. The van der Waals surface area contributed by atoms with E-state index >= 15 is 0 Å². The molecule has 2 rings (SSSR count). The first kappa shape index (κ1) is 13.8. The van der Waals surface area contributed by atoms with Crippen molar-refractivity contribution in [2.24, 2.45) is 11.7 Å². The molecule has 2 atom stereocenters. The second-order valence-electron chi connectivity index (χ2n) is 6.03. The molecule has 18 heavy (non-hydrogen) atoms. The number of carbonyl (C=O) groups is 1. The Balaban J connectivity index is 2.02. The lowest BCUT2D eigenvalue weighted by Gasteiger charge is -2.40. The second-order valence-corrected chi connectivity index (χ2v) is 6.03. The predicted octanol–water partition coefficient (Wildman–Crippen LogP) is 1.83. The predicted molar refractivity (Wildman–Crippen MR) is 71.4 cm³/mol. The molecule has 0 amide bonds. The molecule has 2 unspecified atom stereocenters. The van der Waals surface area contributed by atoms with E-state index in [0.29, 0.717) is 12.6 Å². The van der Waals surface area contributed by atoms with E-state index in [9.17, 15) is 9.90 Å². The number of nitrogens with two attached hydrogens (primary N) is 1. The molecular weight excluding hydrogens is 228 g/mol. The van der Waals surface area contributed by atoms with Gasteiger partial charge in [0.1, 0.15) is 5.54 Å². The molecule has 3 N–H and O–H groups in total. The molecule has 2 aliphatic rings. The molecule has 4 heteroatoms. The number of rotatable bonds is 6. The van der Waals surface area contributed by atoms with Gasteiger partial charge in [0.05, 0.1) is 0 Å². The minimum Gasteiger partial charge on any atom is -0.480 e. The third kappa shape index (κ3) is 2.86. The van der Waals surface area contributed by atoms with Gasteiger partial charge in [-0.15, -0.1) is 0 Å². The van der Waals surface area contributed by atoms with Crippen LogP contribution >= 0.6 is 0 Å². The maximum absolute atomic E-state index is 11.5. The molecular formula is C14H26N2O2. The lowest BCUT2D eigenvalue weighted by atomic mass is 9.90. The number of aliphatic carboxylic acids is 1. The van der Waals surface area contributed by atoms with Gasteiger partial charge in [0.25, 0.3) is 0 Å². The van der Waals surface area contributed by atoms with E-state index in [4.69, 9.17) is 5.73 Å². The van der Waals surface area contributed by atoms with Crippen molar-refractivity contribution in [1.82, 2.24) is 4.90 Å². The molecule has 0 radical (unpaired) electrons. The third-order valence-corrected chi connectivity index (χ3v) is 4.54. The summed E-state index contributed by atoms with van der Waals surface area (Å²) >= 11 is 0. The molecule has 0 spiro atoms. The van der Waals surface area contributed by atoms with Crippen LogP contribution in [0.4, 0.5) is 0 Å². The fourth-order valence-electron chi connectivity index (χ4n) is 3.23. The first-order valence-electron chi connectivity index (χ1n) is 7.34. The van der Waals surface area contributed by atoms with Crippen molar-refractivity contribution < 1.29 is 9.90 Å². The SMILES string of the molecule is CCCC1CCCCN1CC(N)(C(=O)O)C1CC1. The van der Waals surface area contributed by atoms with E-state index in [1.807, 2.05) is 0 Å². The van der Waals surface area contributed by atoms with E-state index in [1.54, 1.807) is 0 Å². The van der Waals surface area contributed by atoms with Gasteiger partial charge in [-0.25, -0.2) is 0 Å². The zero-order valence-corrected chi connectivity index (χ0v) is 11.4. The highest BCUT2D eigenvalue weighted by atomic mass is 16.4. The molecule has 1 aliphatic heterocycles. The summed E-state index contributed by atoms with van der Waals surface area (Å²) in [4.78, 5) is 13.8. The number of carboxylic acids is 1. The van der Waals surface area contributed by atoms with Gasteiger partial charge >= 0.3 is 5.97 Å². The standard InChI is InChI=1S/C14H26N2O2/c1-2-5-12-6-3-4-9-16(12)10-14(15,13(17)18)11-7-8-11/h11-12H,2-10,15H2,1H3,(H,17,18). The van der Waals surface area contributed by atoms with Crippen molar-refractivity contribution in [3.63, 3.8) is 0 Å². The average molecular weight is 254 g/mol. The Morgan fingerprint density at radius 2 is 2.11 bits per heavy atom. The van der Waals surface area contributed by atoms with Crippen molar-refractivity contribution in [2.45, 2.75) is 63.5 Å². The van der Waals surface area contributed by atoms with Crippen LogP contribution in [0.5, 0.6) is 0 Å². The van der Waals surface area contributed by atoms with Crippen molar-refractivity contribution in [3.05, 3.63) is 0 Å². The highest BCUT2D eigenvalue weighted by Crippen LogP contribution is 2.39. The number of piperidine rings is 1. The summed E-state index contributed by atoms with van der Waals surface area (Å²) in [7, 11) is 0. The molecule has 1 heterocycles. The number of likely N-dealkylation sites (tertiary alicyclic amines) is 1. The van der Waals surface area contributed by atoms with Gasteiger partial charge < -0.3 is 10.8 Å². The maximum atomic E-state index is 11.5. The lowest BCUT2D eigenvalue weighted by Crippen LogP contribution is -2.60. The Labute approximate surface area is 110 Å². The number of carboxylic acid groups (broad SMARTS) is 1. The molecule has 1 aliphatic carbocycles. The normalized spacial score (nSPS) is 28.9. The largest absolute Gasteiger partial charge is 0.480 e. The lowest BCUT2D eigenvalue weighted by molar-refractivity contribution is -0.145. The highest BCUT2D eigenvalue weighted by molar-refractivity contribution is 5.79. The van der Waals surface area contributed by atoms with E-state index in [2.05, 4.69) is 11.8 Å². The number of hydrogen-bond donors (Lipinski definition) is 2. The third-order valence-electron chi connectivity index (χ3n) is 4.54. The van der Waals surface area contributed by atoms with E-state index < -0.39 is 11.5 Å². The molecule has 1 saturated carbocycles. The highest BCUT2D eigenvalue weighted by Gasteiger charge is 2.49. The fourth-order valence-corrected chi connectivity index (χ4v) is 3.23. The van der Waals surface area contributed by atoms with Crippen LogP contribution < -0.4 is 5.73 Å². The average Bonchev–Trinajstić information content (AvgIpc) is 3.16. The van der Waals surface area contributed by atoms with Crippen molar-refractivity contribution >= 4 is 5.97 Å². The monoisotopic (exact) mass is 254 g/mol. The van der Waals surface area contributed by atoms with Crippen molar-refractivity contribution in [1.29, 1.82) is 0 Å². The molecule has 1 saturated heterocycles. The van der Waals surface area contributed by atoms with Crippen LogP contribution in [-0.2, 0) is 4.79 Å². The Morgan fingerprint density at radius 1 is 1.39 bits per heavy atom. The van der Waals surface area contributed by atoms with Crippen LogP contribution in [0.25, 0.3) is 0 Å². The van der Waals surface area contributed by atoms with Crippen molar-refractivity contribution in [2.75, 3.05) is 13.1 Å². The smallest absolute Gasteiger partial charge is 0.325 e. The summed E-state index contributed by atoms with van der Waals surface area (Å²) in [6, 6.07) is 0.546. The Hall–Kier alpha value is -0.610. The fraction of sp³-hybridized carbons (Fsp3) is 0.929. The molecule has 0 aromatic heterocycles. The molecule has 0 aromatic carbocycles. The first-order valence-corrected chi connectivity index (χ1v) is 7.34. The zero-order chi connectivity index (χ0) is 13.2. The zero-order valence-electron chi connectivity index (χ0n) is 11.4. The van der Waals surface area contributed by atoms with Crippen LogP contribution in [0.15, 0.2) is 0 Å². The van der Waals surface area contributed by atoms with Gasteiger partial charge in [-0.1, -0.05) is 19.8 Å². The number of hydrogen-bond acceptors (Lipinski definition) is 3. The number of nitrogens with zero attached hydrogens (tertiary/aromatic N) is 1. The van der Waals surface area contributed by atoms with Crippen molar-refractivity contribution in [3.8, 4) is 0 Å². The minimum absolute atomic E-state index is 0.194. The molecule has 0 bridgehead atoms. The molecule has 2 fully saturated rings.